The Labute approximate surface area is 156 Å². The van der Waals surface area contributed by atoms with Crippen LogP contribution in [0.2, 0.25) is 0 Å². The van der Waals surface area contributed by atoms with Gasteiger partial charge in [0.25, 0.3) is 5.91 Å². The van der Waals surface area contributed by atoms with E-state index in [0.29, 0.717) is 12.2 Å². The minimum absolute atomic E-state index is 0.0847. The minimum atomic E-state index is -0.103. The molecule has 0 aliphatic carbocycles. The van der Waals surface area contributed by atoms with Gasteiger partial charge in [0, 0.05) is 16.6 Å². The molecule has 0 saturated carbocycles. The van der Waals surface area contributed by atoms with E-state index in [2.05, 4.69) is 21.2 Å². The fourth-order valence-electron chi connectivity index (χ4n) is 2.85. The molecule has 1 aliphatic rings. The highest BCUT2D eigenvalue weighted by Crippen LogP contribution is 2.23. The van der Waals surface area contributed by atoms with Crippen LogP contribution in [0.5, 0.6) is 5.75 Å². The summed E-state index contributed by atoms with van der Waals surface area (Å²) in [6.07, 6.45) is 2.34. The zero-order valence-corrected chi connectivity index (χ0v) is 15.8. The van der Waals surface area contributed by atoms with Gasteiger partial charge in [-0.15, -0.1) is 0 Å². The standard InChI is InChI=1S/C20H22BrNO3/c1-14(18-6-2-3-7-19(18)21)22-20(23)15-8-10-16(11-9-15)25-13-17-5-4-12-24-17/h2-3,6-11,14,17H,4-5,12-13H2,1H3,(H,22,23). The molecule has 0 spiro atoms. The third-order valence-corrected chi connectivity index (χ3v) is 5.02. The van der Waals surface area contributed by atoms with Crippen molar-refractivity contribution in [2.45, 2.75) is 31.9 Å². The van der Waals surface area contributed by atoms with Gasteiger partial charge in [-0.05, 0) is 55.7 Å². The second-order valence-corrected chi connectivity index (χ2v) is 7.04. The number of nitrogens with one attached hydrogen (secondary N) is 1. The van der Waals surface area contributed by atoms with Crippen molar-refractivity contribution < 1.29 is 14.3 Å². The summed E-state index contributed by atoms with van der Waals surface area (Å²) >= 11 is 3.52. The topological polar surface area (TPSA) is 47.6 Å². The highest BCUT2D eigenvalue weighted by molar-refractivity contribution is 9.10. The van der Waals surface area contributed by atoms with Crippen LogP contribution in [0.15, 0.2) is 53.0 Å². The molecular weight excluding hydrogens is 382 g/mol. The molecule has 2 unspecified atom stereocenters. The van der Waals surface area contributed by atoms with Crippen molar-refractivity contribution in [2.24, 2.45) is 0 Å². The van der Waals surface area contributed by atoms with Crippen LogP contribution < -0.4 is 10.1 Å². The summed E-state index contributed by atoms with van der Waals surface area (Å²) in [5.41, 5.74) is 1.66. The fourth-order valence-corrected chi connectivity index (χ4v) is 3.48. The number of amides is 1. The minimum Gasteiger partial charge on any atom is -0.491 e. The molecule has 1 amide bonds. The van der Waals surface area contributed by atoms with E-state index >= 15 is 0 Å². The summed E-state index contributed by atoms with van der Waals surface area (Å²) in [7, 11) is 0. The molecule has 1 heterocycles. The molecule has 0 bridgehead atoms. The molecule has 3 rings (SSSR count). The number of carbonyl (C=O) groups is 1. The van der Waals surface area contributed by atoms with Gasteiger partial charge in [0.2, 0.25) is 0 Å². The van der Waals surface area contributed by atoms with Gasteiger partial charge in [-0.25, -0.2) is 0 Å². The largest absolute Gasteiger partial charge is 0.491 e. The van der Waals surface area contributed by atoms with Crippen molar-refractivity contribution >= 4 is 21.8 Å². The van der Waals surface area contributed by atoms with Crippen molar-refractivity contribution in [3.05, 3.63) is 64.1 Å². The van der Waals surface area contributed by atoms with Crippen molar-refractivity contribution in [3.8, 4) is 5.75 Å². The Bertz CT molecular complexity index is 711. The Kier molecular flexibility index (Phi) is 6.10. The molecule has 1 saturated heterocycles. The second kappa shape index (κ2) is 8.50. The van der Waals surface area contributed by atoms with Crippen LogP contribution in [0.25, 0.3) is 0 Å². The predicted molar refractivity (Wildman–Crippen MR) is 101 cm³/mol. The van der Waals surface area contributed by atoms with Crippen LogP contribution in [0, 0.1) is 0 Å². The number of hydrogen-bond donors (Lipinski definition) is 1. The van der Waals surface area contributed by atoms with E-state index in [0.717, 1.165) is 35.2 Å². The maximum atomic E-state index is 12.4. The lowest BCUT2D eigenvalue weighted by atomic mass is 10.1. The van der Waals surface area contributed by atoms with Gasteiger partial charge in [-0.1, -0.05) is 34.1 Å². The molecule has 0 radical (unpaired) electrons. The van der Waals surface area contributed by atoms with Gasteiger partial charge < -0.3 is 14.8 Å². The first-order chi connectivity index (χ1) is 12.1. The number of rotatable bonds is 6. The molecular formula is C20H22BrNO3. The SMILES string of the molecule is CC(NC(=O)c1ccc(OCC2CCCO2)cc1)c1ccccc1Br. The van der Waals surface area contributed by atoms with Gasteiger partial charge in [0.05, 0.1) is 12.1 Å². The number of ether oxygens (including phenoxy) is 2. The maximum absolute atomic E-state index is 12.4. The Morgan fingerprint density at radius 3 is 2.72 bits per heavy atom. The highest BCUT2D eigenvalue weighted by Gasteiger charge is 2.16. The molecule has 2 aromatic carbocycles. The molecule has 1 fully saturated rings. The highest BCUT2D eigenvalue weighted by atomic mass is 79.9. The molecule has 2 aromatic rings. The number of carbonyl (C=O) groups excluding carboxylic acids is 1. The Hall–Kier alpha value is -1.85. The fraction of sp³-hybridized carbons (Fsp3) is 0.350. The van der Waals surface area contributed by atoms with E-state index in [4.69, 9.17) is 9.47 Å². The Morgan fingerprint density at radius 2 is 2.04 bits per heavy atom. The first-order valence-electron chi connectivity index (χ1n) is 8.53. The second-order valence-electron chi connectivity index (χ2n) is 6.19. The van der Waals surface area contributed by atoms with Crippen LogP contribution in [-0.4, -0.2) is 25.2 Å². The summed E-state index contributed by atoms with van der Waals surface area (Å²) in [6.45, 7) is 3.35. The first kappa shape index (κ1) is 18.0. The van der Waals surface area contributed by atoms with E-state index in [1.165, 1.54) is 0 Å². The summed E-state index contributed by atoms with van der Waals surface area (Å²) in [6, 6.07) is 15.0. The Balaban J connectivity index is 1.56. The van der Waals surface area contributed by atoms with Crippen LogP contribution >= 0.6 is 15.9 Å². The zero-order chi connectivity index (χ0) is 17.6. The molecule has 132 valence electrons. The van der Waals surface area contributed by atoms with E-state index in [-0.39, 0.29) is 18.1 Å². The lowest BCUT2D eigenvalue weighted by Crippen LogP contribution is -2.26. The third kappa shape index (κ3) is 4.83. The third-order valence-electron chi connectivity index (χ3n) is 4.30. The van der Waals surface area contributed by atoms with E-state index in [1.807, 2.05) is 43.3 Å². The monoisotopic (exact) mass is 403 g/mol. The van der Waals surface area contributed by atoms with Crippen LogP contribution in [0.1, 0.15) is 41.7 Å². The smallest absolute Gasteiger partial charge is 0.251 e. The van der Waals surface area contributed by atoms with Crippen LogP contribution in [0.4, 0.5) is 0 Å². The van der Waals surface area contributed by atoms with Crippen molar-refractivity contribution in [1.29, 1.82) is 0 Å². The lowest BCUT2D eigenvalue weighted by Gasteiger charge is -2.16. The van der Waals surface area contributed by atoms with Gasteiger partial charge >= 0.3 is 0 Å². The summed E-state index contributed by atoms with van der Waals surface area (Å²) in [4.78, 5) is 12.4. The summed E-state index contributed by atoms with van der Waals surface area (Å²) in [5.74, 6) is 0.653. The normalized spacial score (nSPS) is 17.9. The molecule has 1 aliphatic heterocycles. The van der Waals surface area contributed by atoms with E-state index < -0.39 is 0 Å². The summed E-state index contributed by atoms with van der Waals surface area (Å²) < 4.78 is 12.3. The predicted octanol–water partition coefficient (Wildman–Crippen LogP) is 4.50. The van der Waals surface area contributed by atoms with Crippen LogP contribution in [-0.2, 0) is 4.74 Å². The van der Waals surface area contributed by atoms with Gasteiger partial charge in [-0.2, -0.15) is 0 Å². The van der Waals surface area contributed by atoms with Gasteiger partial charge in [0.15, 0.2) is 0 Å². The number of hydrogen-bond acceptors (Lipinski definition) is 3. The Morgan fingerprint density at radius 1 is 1.28 bits per heavy atom. The molecule has 5 heteroatoms. The average molecular weight is 404 g/mol. The molecule has 2 atom stereocenters. The molecule has 4 nitrogen and oxygen atoms in total. The molecule has 0 aromatic heterocycles. The number of benzene rings is 2. The summed E-state index contributed by atoms with van der Waals surface area (Å²) in [5, 5.41) is 3.02. The van der Waals surface area contributed by atoms with Crippen molar-refractivity contribution in [2.75, 3.05) is 13.2 Å². The first-order valence-corrected chi connectivity index (χ1v) is 9.32. The van der Waals surface area contributed by atoms with Gasteiger partial charge in [-0.3, -0.25) is 4.79 Å². The zero-order valence-electron chi connectivity index (χ0n) is 14.2. The van der Waals surface area contributed by atoms with Crippen LogP contribution in [0.3, 0.4) is 0 Å². The average Bonchev–Trinajstić information content (AvgIpc) is 3.14. The van der Waals surface area contributed by atoms with E-state index in [1.54, 1.807) is 12.1 Å². The number of halogens is 1. The molecule has 1 N–H and O–H groups in total. The van der Waals surface area contributed by atoms with Crippen molar-refractivity contribution in [3.63, 3.8) is 0 Å². The molecule has 25 heavy (non-hydrogen) atoms. The quantitative estimate of drug-likeness (QED) is 0.772. The van der Waals surface area contributed by atoms with E-state index in [9.17, 15) is 4.79 Å². The maximum Gasteiger partial charge on any atom is 0.251 e. The van der Waals surface area contributed by atoms with Gasteiger partial charge in [0.1, 0.15) is 12.4 Å². The van der Waals surface area contributed by atoms with Crippen molar-refractivity contribution in [1.82, 2.24) is 5.32 Å². The lowest BCUT2D eigenvalue weighted by molar-refractivity contribution is 0.0679.